The first-order valence-electron chi connectivity index (χ1n) is 7.92. The van der Waals surface area contributed by atoms with E-state index in [2.05, 4.69) is 44.3 Å². The lowest BCUT2D eigenvalue weighted by atomic mass is 10.1. The van der Waals surface area contributed by atoms with Crippen molar-refractivity contribution in [3.8, 4) is 0 Å². The highest BCUT2D eigenvalue weighted by Crippen LogP contribution is 2.15. The summed E-state index contributed by atoms with van der Waals surface area (Å²) in [5, 5.41) is 3.29. The Morgan fingerprint density at radius 3 is 2.67 bits per heavy atom. The maximum atomic E-state index is 12.7. The molecule has 0 saturated carbocycles. The van der Waals surface area contributed by atoms with E-state index in [1.807, 2.05) is 9.80 Å². The first kappa shape index (κ1) is 15.8. The van der Waals surface area contributed by atoms with Crippen LogP contribution in [-0.2, 0) is 6.54 Å². The lowest BCUT2D eigenvalue weighted by Gasteiger charge is -2.33. The molecular formula is C17H27N3O. The van der Waals surface area contributed by atoms with Gasteiger partial charge in [0.05, 0.1) is 0 Å². The number of carbonyl (C=O) groups is 1. The highest BCUT2D eigenvalue weighted by Gasteiger charge is 2.22. The SMILES string of the molecule is CCCN(Cc1cc(C)ccc1C)C(=O)N1CCNCC1. The highest BCUT2D eigenvalue weighted by atomic mass is 16.2. The summed E-state index contributed by atoms with van der Waals surface area (Å²) in [5.41, 5.74) is 3.77. The quantitative estimate of drug-likeness (QED) is 0.924. The van der Waals surface area contributed by atoms with Gasteiger partial charge in [-0.3, -0.25) is 0 Å². The molecule has 0 aromatic heterocycles. The average molecular weight is 289 g/mol. The van der Waals surface area contributed by atoms with Crippen molar-refractivity contribution in [2.75, 3.05) is 32.7 Å². The summed E-state index contributed by atoms with van der Waals surface area (Å²) >= 11 is 0. The van der Waals surface area contributed by atoms with Gasteiger partial charge in [-0.25, -0.2) is 4.79 Å². The predicted molar refractivity (Wildman–Crippen MR) is 86.5 cm³/mol. The van der Waals surface area contributed by atoms with E-state index in [1.54, 1.807) is 0 Å². The predicted octanol–water partition coefficient (Wildman–Crippen LogP) is 2.54. The summed E-state index contributed by atoms with van der Waals surface area (Å²) in [5.74, 6) is 0. The summed E-state index contributed by atoms with van der Waals surface area (Å²) in [6.07, 6.45) is 0.989. The number of rotatable bonds is 4. The number of urea groups is 1. The fourth-order valence-corrected chi connectivity index (χ4v) is 2.74. The topological polar surface area (TPSA) is 35.6 Å². The van der Waals surface area contributed by atoms with Crippen molar-refractivity contribution in [2.45, 2.75) is 33.7 Å². The van der Waals surface area contributed by atoms with Crippen molar-refractivity contribution in [1.82, 2.24) is 15.1 Å². The Hall–Kier alpha value is -1.55. The Morgan fingerprint density at radius 1 is 1.29 bits per heavy atom. The molecule has 1 heterocycles. The Balaban J connectivity index is 2.10. The first-order chi connectivity index (χ1) is 10.1. The number of carbonyl (C=O) groups excluding carboxylic acids is 1. The van der Waals surface area contributed by atoms with Gasteiger partial charge in [0.25, 0.3) is 0 Å². The zero-order valence-corrected chi connectivity index (χ0v) is 13.5. The molecule has 2 rings (SSSR count). The van der Waals surface area contributed by atoms with Crippen LogP contribution in [0.3, 0.4) is 0 Å². The van der Waals surface area contributed by atoms with Crippen LogP contribution in [-0.4, -0.2) is 48.6 Å². The summed E-state index contributed by atoms with van der Waals surface area (Å²) in [7, 11) is 0. The summed E-state index contributed by atoms with van der Waals surface area (Å²) < 4.78 is 0. The van der Waals surface area contributed by atoms with Gasteiger partial charge < -0.3 is 15.1 Å². The average Bonchev–Trinajstić information content (AvgIpc) is 2.50. The van der Waals surface area contributed by atoms with Crippen LogP contribution in [0, 0.1) is 13.8 Å². The van der Waals surface area contributed by atoms with E-state index >= 15 is 0 Å². The number of benzene rings is 1. The monoisotopic (exact) mass is 289 g/mol. The number of nitrogens with zero attached hydrogens (tertiary/aromatic N) is 2. The van der Waals surface area contributed by atoms with Crippen LogP contribution in [0.15, 0.2) is 18.2 Å². The molecule has 0 aliphatic carbocycles. The summed E-state index contributed by atoms with van der Waals surface area (Å²) in [4.78, 5) is 16.7. The van der Waals surface area contributed by atoms with Crippen LogP contribution in [0.2, 0.25) is 0 Å². The van der Waals surface area contributed by atoms with Gasteiger partial charge in [-0.2, -0.15) is 0 Å². The van der Waals surface area contributed by atoms with Crippen LogP contribution in [0.1, 0.15) is 30.0 Å². The Morgan fingerprint density at radius 2 is 2.00 bits per heavy atom. The minimum Gasteiger partial charge on any atom is -0.322 e. The molecule has 116 valence electrons. The van der Waals surface area contributed by atoms with Gasteiger partial charge in [0.1, 0.15) is 0 Å². The molecule has 1 N–H and O–H groups in total. The Bertz CT molecular complexity index is 481. The fourth-order valence-electron chi connectivity index (χ4n) is 2.74. The molecule has 1 aliphatic rings. The molecule has 2 amide bonds. The number of aryl methyl sites for hydroxylation is 2. The third kappa shape index (κ3) is 4.21. The van der Waals surface area contributed by atoms with Crippen molar-refractivity contribution < 1.29 is 4.79 Å². The van der Waals surface area contributed by atoms with Crippen LogP contribution in [0.4, 0.5) is 4.79 Å². The molecule has 0 unspecified atom stereocenters. The smallest absolute Gasteiger partial charge is 0.320 e. The third-order valence-electron chi connectivity index (χ3n) is 4.02. The second-order valence-electron chi connectivity index (χ2n) is 5.87. The van der Waals surface area contributed by atoms with Gasteiger partial charge in [0.2, 0.25) is 0 Å². The molecule has 1 aliphatic heterocycles. The van der Waals surface area contributed by atoms with E-state index in [1.165, 1.54) is 16.7 Å². The molecule has 4 nitrogen and oxygen atoms in total. The van der Waals surface area contributed by atoms with Crippen LogP contribution >= 0.6 is 0 Å². The van der Waals surface area contributed by atoms with Gasteiger partial charge in [-0.05, 0) is 31.4 Å². The number of hydrogen-bond donors (Lipinski definition) is 1. The molecule has 1 aromatic rings. The molecule has 4 heteroatoms. The summed E-state index contributed by atoms with van der Waals surface area (Å²) in [6, 6.07) is 6.65. The van der Waals surface area contributed by atoms with Crippen molar-refractivity contribution in [1.29, 1.82) is 0 Å². The third-order valence-corrected chi connectivity index (χ3v) is 4.02. The second kappa shape index (κ2) is 7.46. The first-order valence-corrected chi connectivity index (χ1v) is 7.92. The van der Waals surface area contributed by atoms with Crippen molar-refractivity contribution in [3.63, 3.8) is 0 Å². The number of nitrogens with one attached hydrogen (secondary N) is 1. The summed E-state index contributed by atoms with van der Waals surface area (Å²) in [6.45, 7) is 11.3. The van der Waals surface area contributed by atoms with E-state index in [0.29, 0.717) is 6.54 Å². The largest absolute Gasteiger partial charge is 0.322 e. The van der Waals surface area contributed by atoms with Gasteiger partial charge >= 0.3 is 6.03 Å². The zero-order valence-electron chi connectivity index (χ0n) is 13.5. The Kier molecular flexibility index (Phi) is 5.62. The zero-order chi connectivity index (χ0) is 15.2. The van der Waals surface area contributed by atoms with Gasteiger partial charge in [-0.15, -0.1) is 0 Å². The van der Waals surface area contributed by atoms with Gasteiger partial charge in [0, 0.05) is 39.3 Å². The molecule has 0 radical (unpaired) electrons. The van der Waals surface area contributed by atoms with Crippen LogP contribution in [0.5, 0.6) is 0 Å². The van der Waals surface area contributed by atoms with E-state index in [0.717, 1.165) is 39.1 Å². The molecular weight excluding hydrogens is 262 g/mol. The molecule has 1 saturated heterocycles. The lowest BCUT2D eigenvalue weighted by molar-refractivity contribution is 0.144. The maximum Gasteiger partial charge on any atom is 0.320 e. The fraction of sp³-hybridized carbons (Fsp3) is 0.588. The van der Waals surface area contributed by atoms with E-state index < -0.39 is 0 Å². The van der Waals surface area contributed by atoms with Crippen molar-refractivity contribution in [2.24, 2.45) is 0 Å². The highest BCUT2D eigenvalue weighted by molar-refractivity contribution is 5.74. The maximum absolute atomic E-state index is 12.7. The lowest BCUT2D eigenvalue weighted by Crippen LogP contribution is -2.51. The normalized spacial score (nSPS) is 15.1. The number of piperazine rings is 1. The standard InChI is InChI=1S/C17H27N3O/c1-4-9-20(17(21)19-10-7-18-8-11-19)13-16-12-14(2)5-6-15(16)3/h5-6,12,18H,4,7-11,13H2,1-3H3. The molecule has 0 atom stereocenters. The minimum atomic E-state index is 0.180. The van der Waals surface area contributed by atoms with Crippen LogP contribution in [0.25, 0.3) is 0 Å². The molecule has 21 heavy (non-hydrogen) atoms. The minimum absolute atomic E-state index is 0.180. The molecule has 0 spiro atoms. The van der Waals surface area contributed by atoms with Crippen molar-refractivity contribution in [3.05, 3.63) is 34.9 Å². The number of hydrogen-bond acceptors (Lipinski definition) is 2. The number of amides is 2. The van der Waals surface area contributed by atoms with Gasteiger partial charge in [-0.1, -0.05) is 30.7 Å². The molecule has 1 aromatic carbocycles. The Labute approximate surface area is 128 Å². The van der Waals surface area contributed by atoms with Crippen molar-refractivity contribution >= 4 is 6.03 Å². The van der Waals surface area contributed by atoms with E-state index in [9.17, 15) is 4.79 Å². The molecule has 0 bridgehead atoms. The van der Waals surface area contributed by atoms with E-state index in [4.69, 9.17) is 0 Å². The van der Waals surface area contributed by atoms with Crippen LogP contribution < -0.4 is 5.32 Å². The van der Waals surface area contributed by atoms with E-state index in [-0.39, 0.29) is 6.03 Å². The molecule has 1 fully saturated rings. The second-order valence-corrected chi connectivity index (χ2v) is 5.87. The van der Waals surface area contributed by atoms with Gasteiger partial charge in [0.15, 0.2) is 0 Å².